The summed E-state index contributed by atoms with van der Waals surface area (Å²) in [5, 5.41) is 17.0. The van der Waals surface area contributed by atoms with E-state index in [0.29, 0.717) is 24.7 Å². The molecule has 3 N–H and O–H groups in total. The first-order chi connectivity index (χ1) is 12.2. The quantitative estimate of drug-likeness (QED) is 0.473. The van der Waals surface area contributed by atoms with E-state index >= 15 is 0 Å². The van der Waals surface area contributed by atoms with E-state index in [1.807, 2.05) is 18.4 Å². The molecule has 0 aromatic carbocycles. The first-order valence-corrected chi connectivity index (χ1v) is 8.31. The lowest BCUT2D eigenvalue weighted by Crippen LogP contribution is -2.39. The second-order valence-corrected chi connectivity index (χ2v) is 5.21. The van der Waals surface area contributed by atoms with Crippen LogP contribution in [0.2, 0.25) is 0 Å². The molecule has 0 saturated carbocycles. The largest absolute Gasteiger partial charge is 0.357 e. The van der Waals surface area contributed by atoms with Gasteiger partial charge < -0.3 is 20.5 Å². The number of aliphatic imine (C=N–C) groups is 1. The highest BCUT2D eigenvalue weighted by Gasteiger charge is 2.04. The number of hydrogen-bond donors (Lipinski definition) is 3. The topological polar surface area (TPSA) is 109 Å². The summed E-state index contributed by atoms with van der Waals surface area (Å²) in [5.74, 6) is 1.34. The van der Waals surface area contributed by atoms with Gasteiger partial charge in [0.05, 0.1) is 11.9 Å². The average molecular weight is 344 g/mol. The van der Waals surface area contributed by atoms with Crippen LogP contribution in [0.15, 0.2) is 35.8 Å². The molecule has 0 aliphatic heterocycles. The third-order valence-corrected chi connectivity index (χ3v) is 3.33. The fourth-order valence-corrected chi connectivity index (χ4v) is 2.16. The van der Waals surface area contributed by atoms with E-state index < -0.39 is 0 Å². The predicted molar refractivity (Wildman–Crippen MR) is 96.2 cm³/mol. The molecule has 9 nitrogen and oxygen atoms in total. The Bertz CT molecular complexity index is 682. The number of aryl methyl sites for hydroxylation is 1. The molecule has 25 heavy (non-hydrogen) atoms. The van der Waals surface area contributed by atoms with Gasteiger partial charge in [0.1, 0.15) is 18.7 Å². The molecule has 0 bridgehead atoms. The summed E-state index contributed by atoms with van der Waals surface area (Å²) in [6.07, 6.45) is 5.80. The molecule has 2 rings (SSSR count). The lowest BCUT2D eigenvalue weighted by atomic mass is 10.4. The molecule has 1 amide bonds. The number of carbonyl (C=O) groups is 1. The van der Waals surface area contributed by atoms with Gasteiger partial charge in [-0.05, 0) is 19.1 Å². The molecule has 0 unspecified atom stereocenters. The van der Waals surface area contributed by atoms with Gasteiger partial charge in [-0.1, -0.05) is 6.92 Å². The van der Waals surface area contributed by atoms with E-state index in [-0.39, 0.29) is 12.5 Å². The van der Waals surface area contributed by atoms with Gasteiger partial charge in [0.15, 0.2) is 5.96 Å². The van der Waals surface area contributed by atoms with Crippen LogP contribution in [0.4, 0.5) is 5.69 Å². The summed E-state index contributed by atoms with van der Waals surface area (Å²) in [5.41, 5.74) is 0.653. The van der Waals surface area contributed by atoms with Crippen LogP contribution in [0.5, 0.6) is 0 Å². The second-order valence-electron chi connectivity index (χ2n) is 5.21. The number of nitrogens with one attached hydrogen (secondary N) is 3. The monoisotopic (exact) mass is 344 g/mol. The van der Waals surface area contributed by atoms with Gasteiger partial charge in [0.2, 0.25) is 5.91 Å². The minimum Gasteiger partial charge on any atom is -0.357 e. The summed E-state index contributed by atoms with van der Waals surface area (Å²) in [6, 6.07) is 3.54. The Morgan fingerprint density at radius 1 is 1.32 bits per heavy atom. The van der Waals surface area contributed by atoms with Crippen molar-refractivity contribution in [3.63, 3.8) is 0 Å². The predicted octanol–water partition coefficient (Wildman–Crippen LogP) is 0.429. The molecule has 2 heterocycles. The van der Waals surface area contributed by atoms with Crippen molar-refractivity contribution in [2.24, 2.45) is 4.99 Å². The van der Waals surface area contributed by atoms with E-state index in [4.69, 9.17) is 0 Å². The smallest absolute Gasteiger partial charge is 0.246 e. The van der Waals surface area contributed by atoms with Crippen LogP contribution in [0.3, 0.4) is 0 Å². The van der Waals surface area contributed by atoms with Crippen molar-refractivity contribution in [1.29, 1.82) is 0 Å². The second kappa shape index (κ2) is 10.0. The molecule has 2 aromatic heterocycles. The zero-order valence-electron chi connectivity index (χ0n) is 14.6. The Hall–Kier alpha value is -2.97. The Labute approximate surface area is 147 Å². The molecule has 0 aliphatic carbocycles. The number of rotatable bonds is 8. The van der Waals surface area contributed by atoms with Crippen molar-refractivity contribution in [3.8, 4) is 0 Å². The number of aromatic nitrogens is 4. The number of pyridine rings is 1. The van der Waals surface area contributed by atoms with Gasteiger partial charge >= 0.3 is 0 Å². The third kappa shape index (κ3) is 6.21. The first-order valence-electron chi connectivity index (χ1n) is 8.31. The Kier molecular flexibility index (Phi) is 7.36. The molecular weight excluding hydrogens is 320 g/mol. The molecule has 134 valence electrons. The normalized spacial score (nSPS) is 11.2. The van der Waals surface area contributed by atoms with Gasteiger partial charge in [0.25, 0.3) is 0 Å². The van der Waals surface area contributed by atoms with Crippen molar-refractivity contribution in [1.82, 2.24) is 30.4 Å². The summed E-state index contributed by atoms with van der Waals surface area (Å²) >= 11 is 0. The average Bonchev–Trinajstić information content (AvgIpc) is 3.08. The molecule has 0 saturated heterocycles. The molecule has 0 aliphatic rings. The van der Waals surface area contributed by atoms with Crippen molar-refractivity contribution < 1.29 is 4.79 Å². The number of hydrogen-bond acceptors (Lipinski definition) is 5. The number of amides is 1. The standard InChI is InChI=1S/C16H24N8O/c1-3-14-23-21-12-24(14)9-8-19-16(18-4-2)20-11-15(25)22-13-6-5-7-17-10-13/h5-7,10,12H,3-4,8-9,11H2,1-2H3,(H,22,25)(H2,18,19,20). The Balaban J connectivity index is 1.82. The lowest BCUT2D eigenvalue weighted by molar-refractivity contribution is -0.114. The van der Waals surface area contributed by atoms with Gasteiger partial charge in [-0.15, -0.1) is 10.2 Å². The minimum atomic E-state index is -0.197. The van der Waals surface area contributed by atoms with Crippen LogP contribution in [0.1, 0.15) is 19.7 Å². The van der Waals surface area contributed by atoms with Crippen molar-refractivity contribution in [3.05, 3.63) is 36.7 Å². The number of guanidine groups is 1. The van der Waals surface area contributed by atoms with Gasteiger partial charge in [-0.3, -0.25) is 9.78 Å². The first kappa shape index (κ1) is 18.4. The molecule has 9 heteroatoms. The fourth-order valence-electron chi connectivity index (χ4n) is 2.16. The van der Waals surface area contributed by atoms with E-state index in [0.717, 1.165) is 18.8 Å². The maximum Gasteiger partial charge on any atom is 0.246 e. The van der Waals surface area contributed by atoms with Gasteiger partial charge in [-0.25, -0.2) is 4.99 Å². The SMILES string of the molecule is CCNC(=NCC(=O)Nc1cccnc1)NCCn1cnnc1CC. The van der Waals surface area contributed by atoms with E-state index in [2.05, 4.69) is 36.1 Å². The number of carbonyl (C=O) groups excluding carboxylic acids is 1. The summed E-state index contributed by atoms with van der Waals surface area (Å²) in [7, 11) is 0. The van der Waals surface area contributed by atoms with Crippen LogP contribution in [-0.2, 0) is 17.8 Å². The lowest BCUT2D eigenvalue weighted by Gasteiger charge is -2.12. The zero-order chi connectivity index (χ0) is 17.9. The van der Waals surface area contributed by atoms with E-state index in [1.165, 1.54) is 0 Å². The summed E-state index contributed by atoms with van der Waals surface area (Å²) < 4.78 is 1.99. The van der Waals surface area contributed by atoms with Crippen LogP contribution in [-0.4, -0.2) is 51.2 Å². The molecule has 0 fully saturated rings. The highest BCUT2D eigenvalue weighted by atomic mass is 16.1. The van der Waals surface area contributed by atoms with Crippen molar-refractivity contribution in [2.45, 2.75) is 26.8 Å². The third-order valence-electron chi connectivity index (χ3n) is 3.33. The summed E-state index contributed by atoms with van der Waals surface area (Å²) in [6.45, 7) is 6.13. The van der Waals surface area contributed by atoms with E-state index in [1.54, 1.807) is 30.9 Å². The zero-order valence-corrected chi connectivity index (χ0v) is 14.6. The van der Waals surface area contributed by atoms with Gasteiger partial charge in [0, 0.05) is 32.3 Å². The Morgan fingerprint density at radius 3 is 2.92 bits per heavy atom. The highest BCUT2D eigenvalue weighted by molar-refractivity contribution is 5.93. The van der Waals surface area contributed by atoms with Gasteiger partial charge in [-0.2, -0.15) is 0 Å². The van der Waals surface area contributed by atoms with Crippen LogP contribution < -0.4 is 16.0 Å². The summed E-state index contributed by atoms with van der Waals surface area (Å²) in [4.78, 5) is 20.2. The number of anilines is 1. The maximum atomic E-state index is 11.9. The van der Waals surface area contributed by atoms with Crippen LogP contribution in [0.25, 0.3) is 0 Å². The molecule has 0 spiro atoms. The molecule has 0 atom stereocenters. The maximum absolute atomic E-state index is 11.9. The molecule has 0 radical (unpaired) electrons. The molecular formula is C16H24N8O. The molecule has 2 aromatic rings. The minimum absolute atomic E-state index is 0.0249. The van der Waals surface area contributed by atoms with Crippen LogP contribution >= 0.6 is 0 Å². The van der Waals surface area contributed by atoms with Crippen LogP contribution in [0, 0.1) is 0 Å². The fraction of sp³-hybridized carbons (Fsp3) is 0.438. The highest BCUT2D eigenvalue weighted by Crippen LogP contribution is 2.01. The Morgan fingerprint density at radius 2 is 2.20 bits per heavy atom. The van der Waals surface area contributed by atoms with E-state index in [9.17, 15) is 4.79 Å². The number of nitrogens with zero attached hydrogens (tertiary/aromatic N) is 5. The van der Waals surface area contributed by atoms with Crippen molar-refractivity contribution in [2.75, 3.05) is 25.0 Å². The van der Waals surface area contributed by atoms with Crippen molar-refractivity contribution >= 4 is 17.6 Å².